The molecule has 1 heterocycles. The second-order valence-corrected chi connectivity index (χ2v) is 2.07. The third-order valence-electron chi connectivity index (χ3n) is 1.27. The number of hydrogen-bond donors (Lipinski definition) is 1. The van der Waals surface area contributed by atoms with Gasteiger partial charge in [0.1, 0.15) is 0 Å². The van der Waals surface area contributed by atoms with Crippen LogP contribution in [0.4, 0.5) is 0 Å². The maximum atomic E-state index is 2.93. The van der Waals surface area contributed by atoms with Gasteiger partial charge in [-0.25, -0.2) is 0 Å². The number of allylic oxidation sites excluding steroid dienone is 2. The Hall–Kier alpha value is -1.18. The summed E-state index contributed by atoms with van der Waals surface area (Å²) < 4.78 is 0. The van der Waals surface area contributed by atoms with Crippen molar-refractivity contribution in [1.82, 2.24) is 10.2 Å². The highest BCUT2D eigenvalue weighted by Crippen LogP contribution is 1.97. The third-order valence-corrected chi connectivity index (χ3v) is 1.27. The summed E-state index contributed by atoms with van der Waals surface area (Å²) in [6.07, 6.45) is 12.1. The molecule has 0 aromatic heterocycles. The molecule has 0 saturated carbocycles. The summed E-state index contributed by atoms with van der Waals surface area (Å²) in [4.78, 5) is 2.09. The first kappa shape index (κ1) is 6.93. The van der Waals surface area contributed by atoms with Crippen molar-refractivity contribution in [2.75, 3.05) is 13.6 Å². The smallest absolute Gasteiger partial charge is 0.0404 e. The Balaban J connectivity index is 2.36. The average molecular weight is 136 g/mol. The first-order chi connectivity index (χ1) is 4.93. The highest BCUT2D eigenvalue weighted by atomic mass is 15.1. The second kappa shape index (κ2) is 3.77. The predicted octanol–water partition coefficient (Wildman–Crippen LogP) is 1.06. The van der Waals surface area contributed by atoms with E-state index in [1.807, 2.05) is 37.8 Å². The van der Waals surface area contributed by atoms with Crippen molar-refractivity contribution in [1.29, 1.82) is 0 Å². The van der Waals surface area contributed by atoms with Crippen LogP contribution in [0, 0.1) is 0 Å². The molecule has 1 aliphatic heterocycles. The normalized spacial score (nSPS) is 16.7. The summed E-state index contributed by atoms with van der Waals surface area (Å²) in [6, 6.07) is 0. The van der Waals surface area contributed by atoms with E-state index in [0.29, 0.717) is 0 Å². The molecule has 0 fully saturated rings. The molecule has 2 nitrogen and oxygen atoms in total. The molecule has 0 aliphatic carbocycles. The van der Waals surface area contributed by atoms with Crippen molar-refractivity contribution >= 4 is 0 Å². The minimum Gasteiger partial charge on any atom is -0.393 e. The molecule has 0 aromatic carbocycles. The van der Waals surface area contributed by atoms with Gasteiger partial charge in [-0.1, -0.05) is 12.2 Å². The molecule has 0 saturated heterocycles. The third kappa shape index (κ3) is 1.97. The summed E-state index contributed by atoms with van der Waals surface area (Å²) in [5, 5.41) is 2.93. The highest BCUT2D eigenvalue weighted by Gasteiger charge is 1.91. The lowest BCUT2D eigenvalue weighted by Crippen LogP contribution is -2.12. The first-order valence-corrected chi connectivity index (χ1v) is 3.36. The van der Waals surface area contributed by atoms with Crippen molar-refractivity contribution in [2.45, 2.75) is 0 Å². The Morgan fingerprint density at radius 2 is 2.40 bits per heavy atom. The van der Waals surface area contributed by atoms with E-state index in [1.165, 1.54) is 0 Å². The molecule has 0 bridgehead atoms. The zero-order chi connectivity index (χ0) is 7.23. The molecular weight excluding hydrogens is 124 g/mol. The Labute approximate surface area is 61.5 Å². The molecule has 1 aliphatic rings. The summed E-state index contributed by atoms with van der Waals surface area (Å²) in [5.74, 6) is 0. The van der Waals surface area contributed by atoms with Crippen molar-refractivity contribution in [3.8, 4) is 0 Å². The number of nitrogens with one attached hydrogen (secondary N) is 1. The van der Waals surface area contributed by atoms with Gasteiger partial charge in [0.05, 0.1) is 0 Å². The van der Waals surface area contributed by atoms with Crippen LogP contribution in [0.1, 0.15) is 0 Å². The lowest BCUT2D eigenvalue weighted by atomic mass is 10.4. The fourth-order valence-corrected chi connectivity index (χ4v) is 0.763. The topological polar surface area (TPSA) is 15.3 Å². The average Bonchev–Trinajstić information content (AvgIpc) is 2.03. The van der Waals surface area contributed by atoms with Crippen LogP contribution >= 0.6 is 0 Å². The van der Waals surface area contributed by atoms with Gasteiger partial charge in [0.25, 0.3) is 0 Å². The minimum atomic E-state index is 0.967. The van der Waals surface area contributed by atoms with Crippen LogP contribution in [0.5, 0.6) is 0 Å². The van der Waals surface area contributed by atoms with Crippen LogP contribution in [0.25, 0.3) is 0 Å². The zero-order valence-electron chi connectivity index (χ0n) is 6.12. The molecule has 0 atom stereocenters. The highest BCUT2D eigenvalue weighted by molar-refractivity contribution is 5.10. The molecule has 1 rings (SSSR count). The van der Waals surface area contributed by atoms with E-state index in [2.05, 4.69) is 16.3 Å². The van der Waals surface area contributed by atoms with Crippen LogP contribution in [-0.4, -0.2) is 18.5 Å². The monoisotopic (exact) mass is 136 g/mol. The molecule has 1 N–H and O–H groups in total. The molecule has 10 heavy (non-hydrogen) atoms. The fourth-order valence-electron chi connectivity index (χ4n) is 0.763. The van der Waals surface area contributed by atoms with Crippen molar-refractivity contribution < 1.29 is 0 Å². The Kier molecular flexibility index (Phi) is 2.62. The number of hydrogen-bond acceptors (Lipinski definition) is 2. The Morgan fingerprint density at radius 1 is 1.50 bits per heavy atom. The van der Waals surface area contributed by atoms with Gasteiger partial charge in [-0.3, -0.25) is 0 Å². The van der Waals surface area contributed by atoms with Gasteiger partial charge in [0.2, 0.25) is 0 Å². The van der Waals surface area contributed by atoms with E-state index in [9.17, 15) is 0 Å². The lowest BCUT2D eigenvalue weighted by molar-refractivity contribution is 0.556. The zero-order valence-corrected chi connectivity index (χ0v) is 6.12. The van der Waals surface area contributed by atoms with E-state index >= 15 is 0 Å². The summed E-state index contributed by atoms with van der Waals surface area (Å²) in [5.41, 5.74) is 0. The van der Waals surface area contributed by atoms with Gasteiger partial charge in [-0.05, 0) is 6.08 Å². The van der Waals surface area contributed by atoms with E-state index in [0.717, 1.165) is 6.54 Å². The molecule has 0 aromatic rings. The second-order valence-electron chi connectivity index (χ2n) is 2.07. The van der Waals surface area contributed by atoms with Gasteiger partial charge < -0.3 is 10.2 Å². The maximum Gasteiger partial charge on any atom is 0.0404 e. The summed E-state index contributed by atoms with van der Waals surface area (Å²) in [6.45, 7) is 0.967. The molecule has 0 unspecified atom stereocenters. The maximum absolute atomic E-state index is 2.93. The fraction of sp³-hybridized carbons (Fsp3) is 0.250. The van der Waals surface area contributed by atoms with Crippen LogP contribution < -0.4 is 5.32 Å². The van der Waals surface area contributed by atoms with E-state index in [-0.39, 0.29) is 0 Å². The molecule has 0 spiro atoms. The minimum absolute atomic E-state index is 0.967. The quantitative estimate of drug-likeness (QED) is 0.610. The first-order valence-electron chi connectivity index (χ1n) is 3.36. The van der Waals surface area contributed by atoms with E-state index in [4.69, 9.17) is 0 Å². The van der Waals surface area contributed by atoms with Crippen molar-refractivity contribution in [3.05, 3.63) is 36.8 Å². The van der Waals surface area contributed by atoms with Gasteiger partial charge in [-0.2, -0.15) is 0 Å². The van der Waals surface area contributed by atoms with Gasteiger partial charge >= 0.3 is 0 Å². The van der Waals surface area contributed by atoms with Crippen molar-refractivity contribution in [2.24, 2.45) is 0 Å². The van der Waals surface area contributed by atoms with Crippen LogP contribution in [0.2, 0.25) is 0 Å². The lowest BCUT2D eigenvalue weighted by Gasteiger charge is -2.14. The van der Waals surface area contributed by atoms with Crippen molar-refractivity contribution in [3.63, 3.8) is 0 Å². The number of rotatable bonds is 2. The standard InChI is InChI=1S/C8H12N2/c1-9-5-8-10-6-3-2-4-7-10/h2-6,8-9H,7H2,1H3/b8-5-. The van der Waals surface area contributed by atoms with Crippen LogP contribution in [0.3, 0.4) is 0 Å². The molecule has 2 heteroatoms. The van der Waals surface area contributed by atoms with Crippen LogP contribution in [-0.2, 0) is 0 Å². The van der Waals surface area contributed by atoms with E-state index < -0.39 is 0 Å². The molecular formula is C8H12N2. The van der Waals surface area contributed by atoms with Crippen LogP contribution in [0.15, 0.2) is 36.8 Å². The largest absolute Gasteiger partial charge is 0.393 e. The molecule has 0 amide bonds. The van der Waals surface area contributed by atoms with Gasteiger partial charge in [0, 0.05) is 32.2 Å². The predicted molar refractivity (Wildman–Crippen MR) is 43.2 cm³/mol. The number of nitrogens with zero attached hydrogens (tertiary/aromatic N) is 1. The molecule has 0 radical (unpaired) electrons. The molecule has 54 valence electrons. The Bertz CT molecular complexity index is 168. The van der Waals surface area contributed by atoms with E-state index in [1.54, 1.807) is 0 Å². The Morgan fingerprint density at radius 3 is 3.00 bits per heavy atom. The van der Waals surface area contributed by atoms with Gasteiger partial charge in [0.15, 0.2) is 0 Å². The van der Waals surface area contributed by atoms with Gasteiger partial charge in [-0.15, -0.1) is 0 Å². The SMILES string of the molecule is CN/C=C\N1C=CC=CC1. The summed E-state index contributed by atoms with van der Waals surface area (Å²) >= 11 is 0. The summed E-state index contributed by atoms with van der Waals surface area (Å²) in [7, 11) is 1.89.